The van der Waals surface area contributed by atoms with Crippen molar-refractivity contribution in [2.75, 3.05) is 7.05 Å². The summed E-state index contributed by atoms with van der Waals surface area (Å²) < 4.78 is 2.10. The number of nitrogens with zero attached hydrogens (tertiary/aromatic N) is 3. The molecule has 2 rings (SSSR count). The molecule has 1 aliphatic carbocycles. The Bertz CT molecular complexity index is 332. The first-order chi connectivity index (χ1) is 6.36. The highest BCUT2D eigenvalue weighted by Gasteiger charge is 2.27. The highest BCUT2D eigenvalue weighted by molar-refractivity contribution is 5.15. The summed E-state index contributed by atoms with van der Waals surface area (Å²) >= 11 is 0. The summed E-state index contributed by atoms with van der Waals surface area (Å²) in [5.74, 6) is 0. The number of imidazole rings is 1. The summed E-state index contributed by atoms with van der Waals surface area (Å²) in [4.78, 5) is 4.07. The second-order valence-corrected chi connectivity index (χ2v) is 3.31. The van der Waals surface area contributed by atoms with E-state index in [0.29, 0.717) is 6.04 Å². The van der Waals surface area contributed by atoms with Gasteiger partial charge in [0.25, 0.3) is 0 Å². The molecule has 1 fully saturated rings. The fraction of sp³-hybridized carbons (Fsp3) is 0.556. The van der Waals surface area contributed by atoms with Crippen LogP contribution in [0.5, 0.6) is 0 Å². The predicted octanol–water partition coefficient (Wildman–Crippen LogP) is 1.00. The highest BCUT2D eigenvalue weighted by Crippen LogP contribution is 2.36. The van der Waals surface area contributed by atoms with Crippen molar-refractivity contribution in [3.05, 3.63) is 18.2 Å². The molecular weight excluding hydrogens is 164 g/mol. The number of rotatable bonds is 3. The first-order valence-electron chi connectivity index (χ1n) is 4.45. The number of aromatic nitrogens is 2. The van der Waals surface area contributed by atoms with E-state index >= 15 is 0 Å². The maximum absolute atomic E-state index is 8.87. The largest absolute Gasteiger partial charge is 0.329 e. The van der Waals surface area contributed by atoms with Gasteiger partial charge in [0.15, 0.2) is 0 Å². The molecule has 0 radical (unpaired) electrons. The Labute approximate surface area is 77.2 Å². The van der Waals surface area contributed by atoms with Crippen LogP contribution in [0.4, 0.5) is 0 Å². The van der Waals surface area contributed by atoms with Crippen molar-refractivity contribution in [3.8, 4) is 6.07 Å². The second kappa shape index (κ2) is 3.19. The van der Waals surface area contributed by atoms with Gasteiger partial charge in [-0.3, -0.25) is 0 Å². The van der Waals surface area contributed by atoms with Crippen LogP contribution in [0.15, 0.2) is 12.5 Å². The molecule has 0 spiro atoms. The van der Waals surface area contributed by atoms with Crippen molar-refractivity contribution in [2.45, 2.75) is 24.9 Å². The number of hydrogen-bond acceptors (Lipinski definition) is 3. The van der Waals surface area contributed by atoms with Crippen molar-refractivity contribution in [2.24, 2.45) is 0 Å². The van der Waals surface area contributed by atoms with E-state index in [2.05, 4.69) is 20.9 Å². The van der Waals surface area contributed by atoms with E-state index in [9.17, 15) is 0 Å². The van der Waals surface area contributed by atoms with Crippen molar-refractivity contribution in [1.29, 1.82) is 5.26 Å². The van der Waals surface area contributed by atoms with Gasteiger partial charge in [0.2, 0.25) is 0 Å². The summed E-state index contributed by atoms with van der Waals surface area (Å²) in [6.45, 7) is 0. The topological polar surface area (TPSA) is 53.6 Å². The van der Waals surface area contributed by atoms with E-state index in [0.717, 1.165) is 5.69 Å². The lowest BCUT2D eigenvalue weighted by Crippen LogP contribution is -2.17. The number of hydrogen-bond donors (Lipinski definition) is 1. The zero-order valence-corrected chi connectivity index (χ0v) is 7.57. The Hall–Kier alpha value is -1.34. The molecule has 1 aromatic rings. The standard InChI is InChI=1S/C9H12N4/c1-11-8(4-10)9-5-12-6-13(9)7-2-3-7/h5-8,11H,2-3H2,1H3. The smallest absolute Gasteiger partial charge is 0.137 e. The van der Waals surface area contributed by atoms with Gasteiger partial charge in [-0.15, -0.1) is 0 Å². The average Bonchev–Trinajstić information content (AvgIpc) is 2.89. The molecular formula is C9H12N4. The first kappa shape index (κ1) is 8.27. The summed E-state index contributed by atoms with van der Waals surface area (Å²) in [5, 5.41) is 11.8. The first-order valence-corrected chi connectivity index (χ1v) is 4.45. The van der Waals surface area contributed by atoms with Gasteiger partial charge in [-0.05, 0) is 19.9 Å². The third kappa shape index (κ3) is 1.43. The average molecular weight is 176 g/mol. The van der Waals surface area contributed by atoms with E-state index in [4.69, 9.17) is 5.26 Å². The lowest BCUT2D eigenvalue weighted by atomic mass is 10.2. The van der Waals surface area contributed by atoms with E-state index in [-0.39, 0.29) is 6.04 Å². The van der Waals surface area contributed by atoms with Crippen LogP contribution in [0.2, 0.25) is 0 Å². The Balaban J connectivity index is 2.28. The van der Waals surface area contributed by atoms with Gasteiger partial charge in [0, 0.05) is 6.04 Å². The van der Waals surface area contributed by atoms with Crippen molar-refractivity contribution < 1.29 is 0 Å². The zero-order valence-electron chi connectivity index (χ0n) is 7.57. The van der Waals surface area contributed by atoms with Crippen molar-refractivity contribution in [3.63, 3.8) is 0 Å². The third-order valence-corrected chi connectivity index (χ3v) is 2.35. The fourth-order valence-corrected chi connectivity index (χ4v) is 1.47. The molecule has 4 nitrogen and oxygen atoms in total. The van der Waals surface area contributed by atoms with Crippen molar-refractivity contribution >= 4 is 0 Å². The van der Waals surface area contributed by atoms with Crippen molar-refractivity contribution in [1.82, 2.24) is 14.9 Å². The van der Waals surface area contributed by atoms with Gasteiger partial charge in [0.05, 0.1) is 24.3 Å². The predicted molar refractivity (Wildman–Crippen MR) is 47.9 cm³/mol. The van der Waals surface area contributed by atoms with Crippen LogP contribution in [0.25, 0.3) is 0 Å². The van der Waals surface area contributed by atoms with E-state index in [1.54, 1.807) is 13.2 Å². The van der Waals surface area contributed by atoms with Crippen LogP contribution >= 0.6 is 0 Å². The summed E-state index contributed by atoms with van der Waals surface area (Å²) in [7, 11) is 1.79. The molecule has 1 saturated carbocycles. The summed E-state index contributed by atoms with van der Waals surface area (Å²) in [5.41, 5.74) is 0.979. The molecule has 1 atom stereocenters. The van der Waals surface area contributed by atoms with Gasteiger partial charge < -0.3 is 9.88 Å². The van der Waals surface area contributed by atoms with Crippen LogP contribution in [0.1, 0.15) is 30.6 Å². The molecule has 0 aromatic carbocycles. The van der Waals surface area contributed by atoms with Gasteiger partial charge >= 0.3 is 0 Å². The molecule has 1 unspecified atom stereocenters. The SMILES string of the molecule is CNC(C#N)c1cncn1C1CC1. The second-order valence-electron chi connectivity index (χ2n) is 3.31. The van der Waals surface area contributed by atoms with E-state index in [1.807, 2.05) is 6.33 Å². The quantitative estimate of drug-likeness (QED) is 0.747. The molecule has 1 heterocycles. The minimum atomic E-state index is -0.233. The fourth-order valence-electron chi connectivity index (χ4n) is 1.47. The van der Waals surface area contributed by atoms with Crippen LogP contribution < -0.4 is 5.32 Å². The highest BCUT2D eigenvalue weighted by atomic mass is 15.1. The molecule has 1 N–H and O–H groups in total. The molecule has 1 aliphatic rings. The van der Waals surface area contributed by atoms with Crippen LogP contribution in [-0.4, -0.2) is 16.6 Å². The Kier molecular flexibility index (Phi) is 2.03. The maximum atomic E-state index is 8.87. The van der Waals surface area contributed by atoms with E-state index < -0.39 is 0 Å². The zero-order chi connectivity index (χ0) is 9.26. The summed E-state index contributed by atoms with van der Waals surface area (Å²) in [6.07, 6.45) is 6.01. The third-order valence-electron chi connectivity index (χ3n) is 2.35. The molecule has 0 aliphatic heterocycles. The molecule has 13 heavy (non-hydrogen) atoms. The van der Waals surface area contributed by atoms with Gasteiger partial charge in [-0.2, -0.15) is 5.26 Å². The minimum Gasteiger partial charge on any atom is -0.329 e. The Morgan fingerprint density at radius 1 is 1.77 bits per heavy atom. The van der Waals surface area contributed by atoms with Crippen LogP contribution in [-0.2, 0) is 0 Å². The normalized spacial score (nSPS) is 18.2. The molecule has 1 aromatic heterocycles. The van der Waals surface area contributed by atoms with Gasteiger partial charge in [-0.25, -0.2) is 4.98 Å². The van der Waals surface area contributed by atoms with Crippen LogP contribution in [0, 0.1) is 11.3 Å². The van der Waals surface area contributed by atoms with Crippen LogP contribution in [0.3, 0.4) is 0 Å². The Morgan fingerprint density at radius 3 is 3.08 bits per heavy atom. The minimum absolute atomic E-state index is 0.233. The summed E-state index contributed by atoms with van der Waals surface area (Å²) in [6, 6.07) is 2.56. The molecule has 4 heteroatoms. The molecule has 0 bridgehead atoms. The maximum Gasteiger partial charge on any atom is 0.137 e. The van der Waals surface area contributed by atoms with Gasteiger partial charge in [-0.1, -0.05) is 0 Å². The number of nitrogens with one attached hydrogen (secondary N) is 1. The molecule has 0 amide bonds. The molecule has 68 valence electrons. The van der Waals surface area contributed by atoms with E-state index in [1.165, 1.54) is 12.8 Å². The number of nitriles is 1. The Morgan fingerprint density at radius 2 is 2.54 bits per heavy atom. The molecule has 0 saturated heterocycles. The lowest BCUT2D eigenvalue weighted by Gasteiger charge is -2.10. The lowest BCUT2D eigenvalue weighted by molar-refractivity contribution is 0.620. The van der Waals surface area contributed by atoms with Gasteiger partial charge in [0.1, 0.15) is 6.04 Å². The monoisotopic (exact) mass is 176 g/mol.